The first-order valence-corrected chi connectivity index (χ1v) is 8.80. The predicted octanol–water partition coefficient (Wildman–Crippen LogP) is 4.54. The second-order valence-electron chi connectivity index (χ2n) is 5.58. The lowest BCUT2D eigenvalue weighted by molar-refractivity contribution is 0.0949. The maximum Gasteiger partial charge on any atom is 0.289 e. The highest BCUT2D eigenvalue weighted by atomic mass is 79.9. The van der Waals surface area contributed by atoms with Crippen LogP contribution < -0.4 is 5.43 Å². The number of hydrogen-bond acceptors (Lipinski definition) is 3. The summed E-state index contributed by atoms with van der Waals surface area (Å²) >= 11 is 3.41. The first kappa shape index (κ1) is 17.8. The highest BCUT2D eigenvalue weighted by molar-refractivity contribution is 9.12. The fourth-order valence-electron chi connectivity index (χ4n) is 2.45. The van der Waals surface area contributed by atoms with Gasteiger partial charge in [-0.2, -0.15) is 10.2 Å². The fourth-order valence-corrected chi connectivity index (χ4v) is 2.82. The van der Waals surface area contributed by atoms with Crippen LogP contribution in [0.2, 0.25) is 0 Å². The topological polar surface area (TPSA) is 70.1 Å². The Hall–Kier alpha value is -2.99. The van der Waals surface area contributed by atoms with Crippen molar-refractivity contribution in [1.82, 2.24) is 15.6 Å². The van der Waals surface area contributed by atoms with Crippen LogP contribution in [-0.2, 0) is 0 Å². The van der Waals surface area contributed by atoms with Crippen LogP contribution in [-0.4, -0.2) is 22.3 Å². The maximum atomic E-state index is 12.3. The Morgan fingerprint density at radius 1 is 1.12 bits per heavy atom. The average molecular weight is 409 g/mol. The number of halogens is 1. The molecule has 3 aromatic rings. The van der Waals surface area contributed by atoms with Crippen LogP contribution in [0.5, 0.6) is 0 Å². The van der Waals surface area contributed by atoms with Gasteiger partial charge in [0.05, 0.1) is 11.9 Å². The molecule has 0 aliphatic carbocycles. The van der Waals surface area contributed by atoms with E-state index < -0.39 is 0 Å². The summed E-state index contributed by atoms with van der Waals surface area (Å²) in [4.78, 5) is 12.3. The van der Waals surface area contributed by atoms with E-state index in [2.05, 4.69) is 36.7 Å². The summed E-state index contributed by atoms with van der Waals surface area (Å²) in [5, 5.41) is 11.0. The van der Waals surface area contributed by atoms with Crippen LogP contribution in [0, 0.1) is 6.92 Å². The van der Waals surface area contributed by atoms with Gasteiger partial charge in [0.25, 0.3) is 5.91 Å². The van der Waals surface area contributed by atoms with Gasteiger partial charge < -0.3 is 0 Å². The van der Waals surface area contributed by atoms with E-state index in [-0.39, 0.29) is 5.91 Å². The minimum atomic E-state index is -0.339. The van der Waals surface area contributed by atoms with Crippen LogP contribution >= 0.6 is 15.9 Å². The van der Waals surface area contributed by atoms with Crippen molar-refractivity contribution < 1.29 is 4.79 Å². The summed E-state index contributed by atoms with van der Waals surface area (Å²) in [5.74, 6) is -0.339. The number of aromatic amines is 1. The number of H-pyrrole nitrogens is 1. The molecule has 3 rings (SSSR count). The Morgan fingerprint density at radius 3 is 2.46 bits per heavy atom. The molecular weight excluding hydrogens is 392 g/mol. The van der Waals surface area contributed by atoms with Gasteiger partial charge in [-0.25, -0.2) is 5.43 Å². The number of hydrogen-bond donors (Lipinski definition) is 2. The molecule has 1 amide bonds. The number of benzene rings is 2. The van der Waals surface area contributed by atoms with Crippen molar-refractivity contribution in [2.45, 2.75) is 6.92 Å². The SMILES string of the molecule is Cc1c(-c2ccccc2)n[nH]c1C(=O)N/N=C\C(Br)=C\c1ccccc1. The summed E-state index contributed by atoms with van der Waals surface area (Å²) < 4.78 is 0.746. The smallest absolute Gasteiger partial charge is 0.272 e. The Kier molecular flexibility index (Phi) is 5.76. The first-order chi connectivity index (χ1) is 12.6. The zero-order chi connectivity index (χ0) is 18.4. The first-order valence-electron chi connectivity index (χ1n) is 8.01. The quantitative estimate of drug-likeness (QED) is 0.480. The molecule has 0 saturated carbocycles. The van der Waals surface area contributed by atoms with E-state index in [1.807, 2.05) is 73.7 Å². The molecule has 1 aromatic heterocycles. The lowest BCUT2D eigenvalue weighted by Crippen LogP contribution is -2.19. The van der Waals surface area contributed by atoms with Gasteiger partial charge in [0.15, 0.2) is 0 Å². The summed E-state index contributed by atoms with van der Waals surface area (Å²) in [6.45, 7) is 1.86. The minimum Gasteiger partial charge on any atom is -0.272 e. The number of nitrogens with zero attached hydrogens (tertiary/aromatic N) is 2. The Labute approximate surface area is 160 Å². The molecule has 0 fully saturated rings. The largest absolute Gasteiger partial charge is 0.289 e. The van der Waals surface area contributed by atoms with Crippen molar-refractivity contribution in [3.8, 4) is 11.3 Å². The third-order valence-corrected chi connectivity index (χ3v) is 4.18. The molecule has 130 valence electrons. The van der Waals surface area contributed by atoms with Crippen molar-refractivity contribution in [3.63, 3.8) is 0 Å². The van der Waals surface area contributed by atoms with E-state index in [0.29, 0.717) is 5.69 Å². The molecule has 2 N–H and O–H groups in total. The molecule has 5 nitrogen and oxygen atoms in total. The average Bonchev–Trinajstić information content (AvgIpc) is 3.04. The molecule has 2 aromatic carbocycles. The Bertz CT molecular complexity index is 946. The number of nitrogens with one attached hydrogen (secondary N) is 2. The third kappa shape index (κ3) is 4.34. The van der Waals surface area contributed by atoms with Crippen molar-refractivity contribution >= 4 is 34.1 Å². The highest BCUT2D eigenvalue weighted by Gasteiger charge is 2.16. The van der Waals surface area contributed by atoms with Gasteiger partial charge >= 0.3 is 0 Å². The summed E-state index contributed by atoms with van der Waals surface area (Å²) in [7, 11) is 0. The molecule has 0 bridgehead atoms. The maximum absolute atomic E-state index is 12.3. The van der Waals surface area contributed by atoms with Crippen LogP contribution in [0.1, 0.15) is 21.6 Å². The second-order valence-corrected chi connectivity index (χ2v) is 6.49. The number of rotatable bonds is 5. The van der Waals surface area contributed by atoms with Gasteiger partial charge in [-0.3, -0.25) is 9.89 Å². The molecule has 0 radical (unpaired) electrons. The van der Waals surface area contributed by atoms with E-state index in [1.54, 1.807) is 0 Å². The normalized spacial score (nSPS) is 11.7. The van der Waals surface area contributed by atoms with Gasteiger partial charge in [0.1, 0.15) is 5.69 Å². The number of carbonyl (C=O) groups is 1. The molecule has 0 unspecified atom stereocenters. The van der Waals surface area contributed by atoms with Gasteiger partial charge in [-0.15, -0.1) is 0 Å². The number of hydrazone groups is 1. The van der Waals surface area contributed by atoms with Crippen molar-refractivity contribution in [1.29, 1.82) is 0 Å². The molecule has 0 aliphatic heterocycles. The summed E-state index contributed by atoms with van der Waals surface area (Å²) in [6, 6.07) is 19.5. The van der Waals surface area contributed by atoms with Gasteiger partial charge in [0.2, 0.25) is 0 Å². The molecule has 0 spiro atoms. The van der Waals surface area contributed by atoms with Crippen LogP contribution in [0.3, 0.4) is 0 Å². The van der Waals surface area contributed by atoms with Crippen LogP contribution in [0.4, 0.5) is 0 Å². The zero-order valence-electron chi connectivity index (χ0n) is 14.1. The van der Waals surface area contributed by atoms with Crippen LogP contribution in [0.15, 0.2) is 70.2 Å². The fraction of sp³-hybridized carbons (Fsp3) is 0.0500. The molecule has 0 aliphatic rings. The number of amides is 1. The highest BCUT2D eigenvalue weighted by Crippen LogP contribution is 2.22. The zero-order valence-corrected chi connectivity index (χ0v) is 15.7. The molecule has 0 saturated heterocycles. The second kappa shape index (κ2) is 8.40. The van der Waals surface area contributed by atoms with Crippen molar-refractivity contribution in [2.75, 3.05) is 0 Å². The van der Waals surface area contributed by atoms with E-state index in [9.17, 15) is 4.79 Å². The van der Waals surface area contributed by atoms with E-state index in [4.69, 9.17) is 0 Å². The lowest BCUT2D eigenvalue weighted by Gasteiger charge is -2.00. The van der Waals surface area contributed by atoms with E-state index in [0.717, 1.165) is 26.9 Å². The molecule has 0 atom stereocenters. The van der Waals surface area contributed by atoms with Gasteiger partial charge in [0, 0.05) is 15.6 Å². The lowest BCUT2D eigenvalue weighted by atomic mass is 10.1. The summed E-state index contributed by atoms with van der Waals surface area (Å²) in [5.41, 5.74) is 6.43. The Balaban J connectivity index is 1.67. The van der Waals surface area contributed by atoms with Gasteiger partial charge in [-0.05, 0) is 34.5 Å². The molecule has 1 heterocycles. The number of allylic oxidation sites excluding steroid dienone is 1. The third-order valence-electron chi connectivity index (χ3n) is 3.74. The Morgan fingerprint density at radius 2 is 1.77 bits per heavy atom. The number of carbonyl (C=O) groups excluding carboxylic acids is 1. The van der Waals surface area contributed by atoms with E-state index in [1.165, 1.54) is 6.21 Å². The predicted molar refractivity (Wildman–Crippen MR) is 108 cm³/mol. The molecule has 26 heavy (non-hydrogen) atoms. The van der Waals surface area contributed by atoms with Crippen molar-refractivity contribution in [3.05, 3.63) is 82.0 Å². The van der Waals surface area contributed by atoms with E-state index >= 15 is 0 Å². The summed E-state index contributed by atoms with van der Waals surface area (Å²) in [6.07, 6.45) is 3.44. The standard InChI is InChI=1S/C20H17BrN4O/c1-14-18(16-10-6-3-7-11-16)23-24-19(14)20(26)25-22-13-17(21)12-15-8-4-2-5-9-15/h2-13H,1H3,(H,23,24)(H,25,26)/b17-12-,22-13-. The minimum absolute atomic E-state index is 0.339. The number of aromatic nitrogens is 2. The molecule has 6 heteroatoms. The van der Waals surface area contributed by atoms with Crippen molar-refractivity contribution in [2.24, 2.45) is 5.10 Å². The van der Waals surface area contributed by atoms with Crippen LogP contribution in [0.25, 0.3) is 17.3 Å². The van der Waals surface area contributed by atoms with Gasteiger partial charge in [-0.1, -0.05) is 60.7 Å². The molecular formula is C20H17BrN4O. The monoisotopic (exact) mass is 408 g/mol.